The van der Waals surface area contributed by atoms with Crippen molar-refractivity contribution in [2.45, 2.75) is 32.9 Å². The zero-order chi connectivity index (χ0) is 13.5. The molecule has 2 nitrogen and oxygen atoms in total. The Balaban J connectivity index is 1.90. The first-order valence-corrected chi connectivity index (χ1v) is 6.92. The van der Waals surface area contributed by atoms with E-state index in [1.807, 2.05) is 0 Å². The highest BCUT2D eigenvalue weighted by Gasteiger charge is 1.96. The van der Waals surface area contributed by atoms with E-state index < -0.39 is 0 Å². The van der Waals surface area contributed by atoms with E-state index in [0.29, 0.717) is 6.54 Å². The molecule has 0 radical (unpaired) electrons. The van der Waals surface area contributed by atoms with E-state index in [0.717, 1.165) is 13.0 Å². The minimum absolute atomic E-state index is 0.604. The molecule has 0 aliphatic rings. The minimum atomic E-state index is 0.604. The van der Waals surface area contributed by atoms with Crippen molar-refractivity contribution in [2.24, 2.45) is 5.73 Å². The second-order valence-electron chi connectivity index (χ2n) is 4.82. The first-order valence-electron chi connectivity index (χ1n) is 6.92. The van der Waals surface area contributed by atoms with Crippen LogP contribution in [0.4, 0.5) is 5.69 Å². The smallest absolute Gasteiger partial charge is 0.0400 e. The van der Waals surface area contributed by atoms with Crippen LogP contribution in [-0.2, 0) is 19.5 Å². The molecule has 2 rings (SSSR count). The number of hydrogen-bond acceptors (Lipinski definition) is 2. The van der Waals surface area contributed by atoms with Gasteiger partial charge in [-0.25, -0.2) is 0 Å². The van der Waals surface area contributed by atoms with Gasteiger partial charge in [0, 0.05) is 18.8 Å². The molecular formula is C17H22N2. The van der Waals surface area contributed by atoms with Gasteiger partial charge in [-0.3, -0.25) is 0 Å². The molecule has 2 aromatic carbocycles. The maximum absolute atomic E-state index is 5.59. The molecule has 0 atom stereocenters. The summed E-state index contributed by atoms with van der Waals surface area (Å²) in [6.07, 6.45) is 2.35. The van der Waals surface area contributed by atoms with Gasteiger partial charge in [0.15, 0.2) is 0 Å². The Morgan fingerprint density at radius 1 is 0.842 bits per heavy atom. The molecule has 2 aromatic rings. The van der Waals surface area contributed by atoms with Crippen LogP contribution in [0.1, 0.15) is 30.0 Å². The Morgan fingerprint density at radius 3 is 2.00 bits per heavy atom. The van der Waals surface area contributed by atoms with Gasteiger partial charge in [-0.2, -0.15) is 0 Å². The SMILES string of the molecule is CCCc1ccc(NCc2ccc(CN)cc2)cc1. The fraction of sp³-hybridized carbons (Fsp3) is 0.294. The topological polar surface area (TPSA) is 38.0 Å². The zero-order valence-corrected chi connectivity index (χ0v) is 11.5. The third-order valence-electron chi connectivity index (χ3n) is 3.25. The van der Waals surface area contributed by atoms with Crippen LogP contribution in [0.3, 0.4) is 0 Å². The summed E-state index contributed by atoms with van der Waals surface area (Å²) in [7, 11) is 0. The second-order valence-corrected chi connectivity index (χ2v) is 4.82. The Labute approximate surface area is 115 Å². The fourth-order valence-corrected chi connectivity index (χ4v) is 2.08. The summed E-state index contributed by atoms with van der Waals surface area (Å²) in [6.45, 7) is 3.65. The Kier molecular flexibility index (Phi) is 4.99. The number of rotatable bonds is 6. The Hall–Kier alpha value is -1.80. The largest absolute Gasteiger partial charge is 0.381 e. The molecule has 0 amide bonds. The average Bonchev–Trinajstić information content (AvgIpc) is 2.47. The summed E-state index contributed by atoms with van der Waals surface area (Å²) in [5, 5.41) is 3.44. The Bertz CT molecular complexity index is 486. The molecule has 0 aliphatic carbocycles. The van der Waals surface area contributed by atoms with Crippen LogP contribution in [0.25, 0.3) is 0 Å². The molecule has 0 saturated heterocycles. The number of aryl methyl sites for hydroxylation is 1. The van der Waals surface area contributed by atoms with Crippen LogP contribution < -0.4 is 11.1 Å². The summed E-state index contributed by atoms with van der Waals surface area (Å²) >= 11 is 0. The van der Waals surface area contributed by atoms with Gasteiger partial charge < -0.3 is 11.1 Å². The van der Waals surface area contributed by atoms with Crippen molar-refractivity contribution in [3.05, 3.63) is 65.2 Å². The third kappa shape index (κ3) is 4.11. The molecular weight excluding hydrogens is 232 g/mol. The molecule has 0 aromatic heterocycles. The molecule has 3 N–H and O–H groups in total. The normalized spacial score (nSPS) is 10.4. The standard InChI is InChI=1S/C17H22N2/c1-2-3-14-8-10-17(11-9-14)19-13-16-6-4-15(12-18)5-7-16/h4-11,19H,2-3,12-13,18H2,1H3. The quantitative estimate of drug-likeness (QED) is 0.824. The maximum atomic E-state index is 5.59. The Morgan fingerprint density at radius 2 is 1.42 bits per heavy atom. The highest BCUT2D eigenvalue weighted by Crippen LogP contribution is 2.13. The number of hydrogen-bond donors (Lipinski definition) is 2. The monoisotopic (exact) mass is 254 g/mol. The zero-order valence-electron chi connectivity index (χ0n) is 11.5. The molecule has 0 unspecified atom stereocenters. The molecule has 0 fully saturated rings. The van der Waals surface area contributed by atoms with Crippen molar-refractivity contribution < 1.29 is 0 Å². The van der Waals surface area contributed by atoms with Gasteiger partial charge in [-0.05, 0) is 35.2 Å². The lowest BCUT2D eigenvalue weighted by Gasteiger charge is -2.08. The van der Waals surface area contributed by atoms with Gasteiger partial charge in [0.25, 0.3) is 0 Å². The predicted octanol–water partition coefficient (Wildman–Crippen LogP) is 3.71. The van der Waals surface area contributed by atoms with Crippen LogP contribution in [0.15, 0.2) is 48.5 Å². The minimum Gasteiger partial charge on any atom is -0.381 e. The predicted molar refractivity (Wildman–Crippen MR) is 82.1 cm³/mol. The molecule has 100 valence electrons. The van der Waals surface area contributed by atoms with E-state index in [9.17, 15) is 0 Å². The van der Waals surface area contributed by atoms with Crippen molar-refractivity contribution in [1.29, 1.82) is 0 Å². The van der Waals surface area contributed by atoms with Gasteiger partial charge in [-0.1, -0.05) is 49.7 Å². The van der Waals surface area contributed by atoms with Gasteiger partial charge in [0.1, 0.15) is 0 Å². The lowest BCUT2D eigenvalue weighted by atomic mass is 10.1. The first-order chi connectivity index (χ1) is 9.31. The summed E-state index contributed by atoms with van der Waals surface area (Å²) in [5.74, 6) is 0. The van der Waals surface area contributed by atoms with E-state index in [1.165, 1.54) is 28.8 Å². The molecule has 2 heteroatoms. The second kappa shape index (κ2) is 6.95. The van der Waals surface area contributed by atoms with Crippen LogP contribution in [0.2, 0.25) is 0 Å². The lowest BCUT2D eigenvalue weighted by Crippen LogP contribution is -2.01. The van der Waals surface area contributed by atoms with Gasteiger partial charge in [0.2, 0.25) is 0 Å². The van der Waals surface area contributed by atoms with Gasteiger partial charge in [0.05, 0.1) is 0 Å². The molecule has 0 aliphatic heterocycles. The van der Waals surface area contributed by atoms with Crippen molar-refractivity contribution in [2.75, 3.05) is 5.32 Å². The van der Waals surface area contributed by atoms with E-state index in [2.05, 4.69) is 60.8 Å². The fourth-order valence-electron chi connectivity index (χ4n) is 2.08. The summed E-state index contributed by atoms with van der Waals surface area (Å²) < 4.78 is 0. The van der Waals surface area contributed by atoms with E-state index >= 15 is 0 Å². The molecule has 0 bridgehead atoms. The van der Waals surface area contributed by atoms with Crippen LogP contribution >= 0.6 is 0 Å². The van der Waals surface area contributed by atoms with Crippen molar-refractivity contribution >= 4 is 5.69 Å². The van der Waals surface area contributed by atoms with Crippen molar-refractivity contribution in [3.8, 4) is 0 Å². The van der Waals surface area contributed by atoms with Crippen LogP contribution in [0.5, 0.6) is 0 Å². The average molecular weight is 254 g/mol. The molecule has 19 heavy (non-hydrogen) atoms. The van der Waals surface area contributed by atoms with E-state index in [-0.39, 0.29) is 0 Å². The van der Waals surface area contributed by atoms with Gasteiger partial charge in [-0.15, -0.1) is 0 Å². The number of nitrogens with one attached hydrogen (secondary N) is 1. The van der Waals surface area contributed by atoms with Crippen molar-refractivity contribution in [1.82, 2.24) is 0 Å². The highest BCUT2D eigenvalue weighted by atomic mass is 14.9. The van der Waals surface area contributed by atoms with Gasteiger partial charge >= 0.3 is 0 Å². The van der Waals surface area contributed by atoms with Crippen LogP contribution in [-0.4, -0.2) is 0 Å². The van der Waals surface area contributed by atoms with Crippen molar-refractivity contribution in [3.63, 3.8) is 0 Å². The maximum Gasteiger partial charge on any atom is 0.0400 e. The summed E-state index contributed by atoms with van der Waals surface area (Å²) in [5.41, 5.74) is 10.6. The molecule has 0 heterocycles. The molecule has 0 saturated carbocycles. The lowest BCUT2D eigenvalue weighted by molar-refractivity contribution is 0.922. The summed E-state index contributed by atoms with van der Waals surface area (Å²) in [4.78, 5) is 0. The van der Waals surface area contributed by atoms with Crippen LogP contribution in [0, 0.1) is 0 Å². The number of anilines is 1. The van der Waals surface area contributed by atoms with E-state index in [4.69, 9.17) is 5.73 Å². The summed E-state index contributed by atoms with van der Waals surface area (Å²) in [6, 6.07) is 17.1. The third-order valence-corrected chi connectivity index (χ3v) is 3.25. The molecule has 0 spiro atoms. The number of nitrogens with two attached hydrogens (primary N) is 1. The van der Waals surface area contributed by atoms with E-state index in [1.54, 1.807) is 0 Å². The number of benzene rings is 2. The highest BCUT2D eigenvalue weighted by molar-refractivity contribution is 5.45. The first kappa shape index (κ1) is 13.6.